The minimum Gasteiger partial charge on any atom is -0.468 e. The van der Waals surface area contributed by atoms with Crippen LogP contribution in [-0.2, 0) is 14.3 Å². The number of carbonyl (C=O) groups excluding carboxylic acids is 1. The van der Waals surface area contributed by atoms with E-state index in [0.717, 1.165) is 32.2 Å². The molecule has 0 saturated heterocycles. The third-order valence-electron chi connectivity index (χ3n) is 4.10. The van der Waals surface area contributed by atoms with Crippen LogP contribution in [0.4, 0.5) is 0 Å². The standard InChI is InChI=1S/C15H29NO3/c1-6-10-16-15(13(17)18-5)9-8-12(11-15)19-14(3,4)7-2/h12,16H,6-11H2,1-5H3. The van der Waals surface area contributed by atoms with Gasteiger partial charge < -0.3 is 14.8 Å². The van der Waals surface area contributed by atoms with Gasteiger partial charge in [-0.1, -0.05) is 13.8 Å². The molecule has 0 heterocycles. The van der Waals surface area contributed by atoms with Crippen molar-refractivity contribution < 1.29 is 14.3 Å². The molecule has 1 N–H and O–H groups in total. The van der Waals surface area contributed by atoms with Crippen LogP contribution in [-0.4, -0.2) is 36.9 Å². The number of esters is 1. The molecule has 1 aliphatic carbocycles. The van der Waals surface area contributed by atoms with Gasteiger partial charge in [0.25, 0.3) is 0 Å². The fourth-order valence-corrected chi connectivity index (χ4v) is 2.61. The Hall–Kier alpha value is -0.610. The first-order chi connectivity index (χ1) is 8.89. The Morgan fingerprint density at radius 1 is 1.42 bits per heavy atom. The molecule has 0 spiro atoms. The van der Waals surface area contributed by atoms with Crippen LogP contribution in [0.5, 0.6) is 0 Å². The molecular formula is C15H29NO3. The maximum atomic E-state index is 12.1. The first kappa shape index (κ1) is 16.4. The van der Waals surface area contributed by atoms with Gasteiger partial charge in [-0.05, 0) is 46.1 Å². The molecule has 0 aliphatic heterocycles. The van der Waals surface area contributed by atoms with Crippen molar-refractivity contribution in [1.82, 2.24) is 5.32 Å². The van der Waals surface area contributed by atoms with Crippen molar-refractivity contribution in [1.29, 1.82) is 0 Å². The van der Waals surface area contributed by atoms with E-state index in [4.69, 9.17) is 9.47 Å². The number of hydrogen-bond donors (Lipinski definition) is 1. The molecule has 4 nitrogen and oxygen atoms in total. The highest BCUT2D eigenvalue weighted by atomic mass is 16.5. The summed E-state index contributed by atoms with van der Waals surface area (Å²) in [6.07, 6.45) is 4.53. The average Bonchev–Trinajstić information content (AvgIpc) is 2.79. The van der Waals surface area contributed by atoms with Crippen molar-refractivity contribution in [2.75, 3.05) is 13.7 Å². The van der Waals surface area contributed by atoms with Crippen LogP contribution in [0.3, 0.4) is 0 Å². The number of nitrogens with one attached hydrogen (secondary N) is 1. The lowest BCUT2D eigenvalue weighted by molar-refractivity contribution is -0.149. The molecule has 1 fully saturated rings. The minimum absolute atomic E-state index is 0.123. The monoisotopic (exact) mass is 271 g/mol. The molecule has 0 aromatic carbocycles. The second kappa shape index (κ2) is 6.71. The van der Waals surface area contributed by atoms with E-state index in [-0.39, 0.29) is 17.7 Å². The number of rotatable bonds is 7. The summed E-state index contributed by atoms with van der Waals surface area (Å²) >= 11 is 0. The van der Waals surface area contributed by atoms with Crippen molar-refractivity contribution in [3.63, 3.8) is 0 Å². The summed E-state index contributed by atoms with van der Waals surface area (Å²) in [6.45, 7) is 9.26. The molecule has 2 unspecified atom stereocenters. The highest BCUT2D eigenvalue weighted by molar-refractivity contribution is 5.81. The van der Waals surface area contributed by atoms with Gasteiger partial charge in [-0.15, -0.1) is 0 Å². The van der Waals surface area contributed by atoms with Crippen molar-refractivity contribution in [2.45, 2.75) is 77.0 Å². The van der Waals surface area contributed by atoms with Crippen LogP contribution >= 0.6 is 0 Å². The summed E-state index contributed by atoms with van der Waals surface area (Å²) < 4.78 is 11.1. The van der Waals surface area contributed by atoms with E-state index < -0.39 is 5.54 Å². The summed E-state index contributed by atoms with van der Waals surface area (Å²) in [7, 11) is 1.46. The Morgan fingerprint density at radius 2 is 2.11 bits per heavy atom. The maximum absolute atomic E-state index is 12.1. The molecule has 0 radical (unpaired) electrons. The second-order valence-corrected chi connectivity index (χ2v) is 6.10. The van der Waals surface area contributed by atoms with Gasteiger partial charge in [0.1, 0.15) is 5.54 Å². The van der Waals surface area contributed by atoms with E-state index in [9.17, 15) is 4.79 Å². The fraction of sp³-hybridized carbons (Fsp3) is 0.933. The largest absolute Gasteiger partial charge is 0.468 e. The highest BCUT2D eigenvalue weighted by Crippen LogP contribution is 2.35. The first-order valence-corrected chi connectivity index (χ1v) is 7.40. The summed E-state index contributed by atoms with van der Waals surface area (Å²) in [4.78, 5) is 12.1. The SMILES string of the molecule is CCCNC1(C(=O)OC)CCC(OC(C)(C)CC)C1. The molecule has 0 amide bonds. The minimum atomic E-state index is -0.542. The average molecular weight is 271 g/mol. The van der Waals surface area contributed by atoms with Gasteiger partial charge >= 0.3 is 5.97 Å². The lowest BCUT2D eigenvalue weighted by atomic mass is 9.97. The molecule has 1 aliphatic rings. The van der Waals surface area contributed by atoms with Gasteiger partial charge in [0.2, 0.25) is 0 Å². The summed E-state index contributed by atoms with van der Waals surface area (Å²) in [5.41, 5.74) is -0.666. The molecule has 19 heavy (non-hydrogen) atoms. The van der Waals surface area contributed by atoms with Gasteiger partial charge in [-0.2, -0.15) is 0 Å². The van der Waals surface area contributed by atoms with Crippen molar-refractivity contribution in [3.8, 4) is 0 Å². The van der Waals surface area contributed by atoms with Crippen molar-refractivity contribution in [2.24, 2.45) is 0 Å². The molecule has 0 aromatic heterocycles. The Labute approximate surface area is 117 Å². The van der Waals surface area contributed by atoms with Crippen LogP contribution in [0.15, 0.2) is 0 Å². The fourth-order valence-electron chi connectivity index (χ4n) is 2.61. The third-order valence-corrected chi connectivity index (χ3v) is 4.10. The Balaban J connectivity index is 2.68. The molecule has 2 atom stereocenters. The normalized spacial score (nSPS) is 27.5. The molecule has 0 bridgehead atoms. The first-order valence-electron chi connectivity index (χ1n) is 7.40. The van der Waals surface area contributed by atoms with Gasteiger partial charge in [0.15, 0.2) is 0 Å². The quantitative estimate of drug-likeness (QED) is 0.723. The zero-order chi connectivity index (χ0) is 14.5. The van der Waals surface area contributed by atoms with Gasteiger partial charge in [0.05, 0.1) is 18.8 Å². The van der Waals surface area contributed by atoms with Gasteiger partial charge in [-0.3, -0.25) is 4.79 Å². The smallest absolute Gasteiger partial charge is 0.326 e. The Bertz CT molecular complexity index is 304. The molecule has 0 aromatic rings. The lowest BCUT2D eigenvalue weighted by Crippen LogP contribution is -2.51. The topological polar surface area (TPSA) is 47.6 Å². The molecule has 1 rings (SSSR count). The van der Waals surface area contributed by atoms with E-state index in [1.807, 2.05) is 0 Å². The molecule has 1 saturated carbocycles. The van der Waals surface area contributed by atoms with E-state index in [2.05, 4.69) is 33.0 Å². The third kappa shape index (κ3) is 4.18. The van der Waals surface area contributed by atoms with Crippen molar-refractivity contribution >= 4 is 5.97 Å². The van der Waals surface area contributed by atoms with E-state index in [1.165, 1.54) is 7.11 Å². The zero-order valence-corrected chi connectivity index (χ0v) is 13.0. The van der Waals surface area contributed by atoms with Crippen LogP contribution in [0.2, 0.25) is 0 Å². The summed E-state index contributed by atoms with van der Waals surface area (Å²) in [5, 5.41) is 3.37. The number of ether oxygens (including phenoxy) is 2. The lowest BCUT2D eigenvalue weighted by Gasteiger charge is -2.30. The predicted molar refractivity (Wildman–Crippen MR) is 76.1 cm³/mol. The van der Waals surface area contributed by atoms with Crippen molar-refractivity contribution in [3.05, 3.63) is 0 Å². The predicted octanol–water partition coefficient (Wildman–Crippen LogP) is 2.66. The Morgan fingerprint density at radius 3 is 2.63 bits per heavy atom. The van der Waals surface area contributed by atoms with Crippen LogP contribution in [0.1, 0.15) is 59.8 Å². The molecule has 4 heteroatoms. The number of hydrogen-bond acceptors (Lipinski definition) is 4. The Kier molecular flexibility index (Phi) is 5.81. The zero-order valence-electron chi connectivity index (χ0n) is 13.0. The van der Waals surface area contributed by atoms with Crippen LogP contribution < -0.4 is 5.32 Å². The summed E-state index contributed by atoms with van der Waals surface area (Å²) in [6, 6.07) is 0. The molecular weight excluding hydrogens is 242 g/mol. The second-order valence-electron chi connectivity index (χ2n) is 6.10. The molecule has 112 valence electrons. The number of carbonyl (C=O) groups is 1. The van der Waals surface area contributed by atoms with Crippen LogP contribution in [0.25, 0.3) is 0 Å². The summed E-state index contributed by atoms with van der Waals surface area (Å²) in [5.74, 6) is -0.152. The maximum Gasteiger partial charge on any atom is 0.326 e. The van der Waals surface area contributed by atoms with Crippen LogP contribution in [0, 0.1) is 0 Å². The van der Waals surface area contributed by atoms with E-state index in [0.29, 0.717) is 6.42 Å². The highest BCUT2D eigenvalue weighted by Gasteiger charge is 2.47. The van der Waals surface area contributed by atoms with E-state index >= 15 is 0 Å². The van der Waals surface area contributed by atoms with Gasteiger partial charge in [-0.25, -0.2) is 0 Å². The number of methoxy groups -OCH3 is 1. The van der Waals surface area contributed by atoms with Gasteiger partial charge in [0, 0.05) is 6.42 Å². The van der Waals surface area contributed by atoms with E-state index in [1.54, 1.807) is 0 Å².